The van der Waals surface area contributed by atoms with Crippen molar-refractivity contribution >= 4 is 10.0 Å². The van der Waals surface area contributed by atoms with E-state index in [2.05, 4.69) is 11.7 Å². The van der Waals surface area contributed by atoms with Gasteiger partial charge in [0.1, 0.15) is 0 Å². The zero-order valence-electron chi connectivity index (χ0n) is 11.9. The Kier molecular flexibility index (Phi) is 4.62. The third-order valence-corrected chi connectivity index (χ3v) is 4.80. The lowest BCUT2D eigenvalue weighted by molar-refractivity contribution is 0.0560. The Morgan fingerprint density at radius 2 is 2.35 bits per heavy atom. The molecule has 7 heteroatoms. The Hall–Kier alpha value is -1.18. The molecule has 1 aliphatic heterocycles. The molecule has 112 valence electrons. The highest BCUT2D eigenvalue weighted by atomic mass is 32.2. The minimum Gasteiger partial charge on any atom is -0.372 e. The fourth-order valence-electron chi connectivity index (χ4n) is 2.65. The lowest BCUT2D eigenvalue weighted by Gasteiger charge is -2.25. The molecule has 2 heterocycles. The van der Waals surface area contributed by atoms with Crippen molar-refractivity contribution in [2.24, 2.45) is 7.05 Å². The molecular weight excluding hydrogens is 278 g/mol. The van der Waals surface area contributed by atoms with Gasteiger partial charge in [-0.3, -0.25) is 4.68 Å². The smallest absolute Gasteiger partial charge is 0.211 e. The van der Waals surface area contributed by atoms with Crippen molar-refractivity contribution in [3.05, 3.63) is 30.6 Å². The van der Waals surface area contributed by atoms with E-state index in [1.807, 2.05) is 13.2 Å². The minimum atomic E-state index is -3.22. The van der Waals surface area contributed by atoms with Crippen LogP contribution < -0.4 is 0 Å². The van der Waals surface area contributed by atoms with Crippen molar-refractivity contribution in [1.82, 2.24) is 14.1 Å². The van der Waals surface area contributed by atoms with Crippen molar-refractivity contribution in [1.29, 1.82) is 0 Å². The van der Waals surface area contributed by atoms with Crippen LogP contribution in [0.15, 0.2) is 25.0 Å². The van der Waals surface area contributed by atoms with Gasteiger partial charge in [0.05, 0.1) is 31.2 Å². The summed E-state index contributed by atoms with van der Waals surface area (Å²) >= 11 is 0. The standard InChI is InChI=1S/C13H21N3O3S/c1-4-7-19-13-5-6-16(20(3,17)18)12(13)8-11-9-14-15(2)10-11/h4,9-10,12-13H,1,5-8H2,2-3H3/t12-,13+/m0/s1. The normalized spacial score (nSPS) is 24.1. The van der Waals surface area contributed by atoms with Crippen LogP contribution in [0, 0.1) is 0 Å². The molecule has 0 saturated carbocycles. The van der Waals surface area contributed by atoms with E-state index in [1.54, 1.807) is 17.0 Å². The Bertz CT molecular complexity index is 567. The predicted octanol–water partition coefficient (Wildman–Crippen LogP) is 0.568. The van der Waals surface area contributed by atoms with Crippen LogP contribution in [0.2, 0.25) is 0 Å². The summed E-state index contributed by atoms with van der Waals surface area (Å²) in [6.45, 7) is 4.57. The quantitative estimate of drug-likeness (QED) is 0.720. The van der Waals surface area contributed by atoms with Gasteiger partial charge in [0.2, 0.25) is 10.0 Å². The van der Waals surface area contributed by atoms with Gasteiger partial charge in [-0.2, -0.15) is 9.40 Å². The maximum atomic E-state index is 11.9. The molecule has 2 rings (SSSR count). The summed E-state index contributed by atoms with van der Waals surface area (Å²) in [7, 11) is -1.38. The number of aromatic nitrogens is 2. The van der Waals surface area contributed by atoms with Crippen LogP contribution in [0.1, 0.15) is 12.0 Å². The number of hydrogen-bond donors (Lipinski definition) is 0. The number of hydrogen-bond acceptors (Lipinski definition) is 4. The summed E-state index contributed by atoms with van der Waals surface area (Å²) in [4.78, 5) is 0. The predicted molar refractivity (Wildman–Crippen MR) is 76.8 cm³/mol. The van der Waals surface area contributed by atoms with E-state index in [-0.39, 0.29) is 12.1 Å². The molecule has 2 atom stereocenters. The van der Waals surface area contributed by atoms with E-state index in [1.165, 1.54) is 10.6 Å². The molecule has 0 aliphatic carbocycles. The zero-order chi connectivity index (χ0) is 14.8. The molecule has 1 saturated heterocycles. The summed E-state index contributed by atoms with van der Waals surface area (Å²) in [6, 6.07) is -0.172. The summed E-state index contributed by atoms with van der Waals surface area (Å²) in [6.07, 6.45) is 7.84. The average Bonchev–Trinajstić information content (AvgIpc) is 2.93. The molecule has 1 aliphatic rings. The maximum Gasteiger partial charge on any atom is 0.211 e. The molecule has 6 nitrogen and oxygen atoms in total. The first-order valence-corrected chi connectivity index (χ1v) is 8.43. The molecular formula is C13H21N3O3S. The average molecular weight is 299 g/mol. The molecule has 20 heavy (non-hydrogen) atoms. The molecule has 1 aromatic heterocycles. The van der Waals surface area contributed by atoms with Gasteiger partial charge >= 0.3 is 0 Å². The topological polar surface area (TPSA) is 64.4 Å². The summed E-state index contributed by atoms with van der Waals surface area (Å²) in [5.41, 5.74) is 1.01. The van der Waals surface area contributed by atoms with Crippen LogP contribution in [0.25, 0.3) is 0 Å². The molecule has 0 unspecified atom stereocenters. The third kappa shape index (κ3) is 3.47. The van der Waals surface area contributed by atoms with E-state index >= 15 is 0 Å². The van der Waals surface area contributed by atoms with Crippen molar-refractivity contribution < 1.29 is 13.2 Å². The highest BCUT2D eigenvalue weighted by molar-refractivity contribution is 7.88. The second kappa shape index (κ2) is 6.07. The van der Waals surface area contributed by atoms with Gasteiger partial charge in [-0.1, -0.05) is 6.08 Å². The first-order valence-electron chi connectivity index (χ1n) is 6.58. The van der Waals surface area contributed by atoms with Gasteiger partial charge in [-0.05, 0) is 18.4 Å². The largest absolute Gasteiger partial charge is 0.372 e. The summed E-state index contributed by atoms with van der Waals surface area (Å²) in [5, 5.41) is 4.12. The molecule has 0 amide bonds. The monoisotopic (exact) mass is 299 g/mol. The van der Waals surface area contributed by atoms with Crippen LogP contribution in [-0.4, -0.2) is 54.1 Å². The fourth-order valence-corrected chi connectivity index (χ4v) is 3.79. The van der Waals surface area contributed by atoms with Crippen LogP contribution in [-0.2, 0) is 28.2 Å². The third-order valence-electron chi connectivity index (χ3n) is 3.49. The van der Waals surface area contributed by atoms with Crippen molar-refractivity contribution in [2.75, 3.05) is 19.4 Å². The van der Waals surface area contributed by atoms with Gasteiger partial charge < -0.3 is 4.74 Å². The van der Waals surface area contributed by atoms with E-state index in [9.17, 15) is 8.42 Å². The summed E-state index contributed by atoms with van der Waals surface area (Å²) in [5.74, 6) is 0. The Labute approximate surface area is 120 Å². The van der Waals surface area contributed by atoms with Crippen LogP contribution in [0.4, 0.5) is 0 Å². The minimum absolute atomic E-state index is 0.0945. The van der Waals surface area contributed by atoms with Crippen LogP contribution >= 0.6 is 0 Å². The second-order valence-corrected chi connectivity index (χ2v) is 7.05. The molecule has 0 spiro atoms. The molecule has 0 bridgehead atoms. The van der Waals surface area contributed by atoms with Crippen molar-refractivity contribution in [2.45, 2.75) is 25.0 Å². The van der Waals surface area contributed by atoms with Crippen molar-refractivity contribution in [3.8, 4) is 0 Å². The second-order valence-electron chi connectivity index (χ2n) is 5.12. The van der Waals surface area contributed by atoms with E-state index < -0.39 is 10.0 Å². The van der Waals surface area contributed by atoms with Gasteiger partial charge in [0.25, 0.3) is 0 Å². The van der Waals surface area contributed by atoms with E-state index in [0.717, 1.165) is 5.56 Å². The first-order chi connectivity index (χ1) is 9.41. The Balaban J connectivity index is 2.17. The van der Waals surface area contributed by atoms with Crippen LogP contribution in [0.5, 0.6) is 0 Å². The molecule has 0 radical (unpaired) electrons. The number of nitrogens with zero attached hydrogens (tertiary/aromatic N) is 3. The molecule has 0 N–H and O–H groups in total. The SMILES string of the molecule is C=CCO[C@@H]1CCN(S(C)(=O)=O)[C@H]1Cc1cnn(C)c1. The molecule has 1 aromatic rings. The van der Waals surface area contributed by atoms with Gasteiger partial charge in [0, 0.05) is 19.8 Å². The Morgan fingerprint density at radius 3 is 2.90 bits per heavy atom. The molecule has 1 fully saturated rings. The van der Waals surface area contributed by atoms with Gasteiger partial charge in [0.15, 0.2) is 0 Å². The number of sulfonamides is 1. The zero-order valence-corrected chi connectivity index (χ0v) is 12.7. The number of rotatable bonds is 6. The highest BCUT2D eigenvalue weighted by Gasteiger charge is 2.39. The maximum absolute atomic E-state index is 11.9. The van der Waals surface area contributed by atoms with E-state index in [4.69, 9.17) is 4.74 Å². The first kappa shape index (κ1) is 15.2. The lowest BCUT2D eigenvalue weighted by Crippen LogP contribution is -2.41. The lowest BCUT2D eigenvalue weighted by atomic mass is 10.1. The Morgan fingerprint density at radius 1 is 1.60 bits per heavy atom. The summed E-state index contributed by atoms with van der Waals surface area (Å²) < 4.78 is 32.7. The highest BCUT2D eigenvalue weighted by Crippen LogP contribution is 2.26. The van der Waals surface area contributed by atoms with E-state index in [0.29, 0.717) is 26.0 Å². The fraction of sp³-hybridized carbons (Fsp3) is 0.615. The van der Waals surface area contributed by atoms with Gasteiger partial charge in [-0.15, -0.1) is 6.58 Å². The number of ether oxygens (including phenoxy) is 1. The van der Waals surface area contributed by atoms with Crippen molar-refractivity contribution in [3.63, 3.8) is 0 Å². The number of aryl methyl sites for hydroxylation is 1. The van der Waals surface area contributed by atoms with Gasteiger partial charge in [-0.25, -0.2) is 8.42 Å². The molecule has 0 aromatic carbocycles. The van der Waals surface area contributed by atoms with Crippen LogP contribution in [0.3, 0.4) is 0 Å².